The second-order valence-electron chi connectivity index (χ2n) is 3.67. The number of hydrogen-bond donors (Lipinski definition) is 2. The molecule has 98 valence electrons. The van der Waals surface area contributed by atoms with Crippen molar-refractivity contribution in [3.63, 3.8) is 0 Å². The largest absolute Gasteiger partial charge is 0.476 e. The summed E-state index contributed by atoms with van der Waals surface area (Å²) in [4.78, 5) is 26.0. The molecule has 2 N–H and O–H groups in total. The summed E-state index contributed by atoms with van der Waals surface area (Å²) in [5.74, 6) is -2.11. The van der Waals surface area contributed by atoms with Crippen molar-refractivity contribution in [3.05, 3.63) is 24.0 Å². The molecule has 1 aromatic rings. The second-order valence-corrected chi connectivity index (χ2v) is 6.03. The first-order valence-electron chi connectivity index (χ1n) is 4.91. The van der Waals surface area contributed by atoms with E-state index in [1.54, 1.807) is 0 Å². The quantitative estimate of drug-likeness (QED) is 0.806. The summed E-state index contributed by atoms with van der Waals surface area (Å²) in [6.07, 6.45) is 2.19. The molecule has 1 aromatic heterocycles. The van der Waals surface area contributed by atoms with Gasteiger partial charge in [-0.1, -0.05) is 0 Å². The third-order valence-corrected chi connectivity index (χ3v) is 3.78. The van der Waals surface area contributed by atoms with Gasteiger partial charge in [0.25, 0.3) is 0 Å². The normalized spacial score (nSPS) is 12.8. The fourth-order valence-electron chi connectivity index (χ4n) is 1.11. The van der Waals surface area contributed by atoms with Gasteiger partial charge in [0.05, 0.1) is 5.69 Å². The van der Waals surface area contributed by atoms with Gasteiger partial charge in [0.15, 0.2) is 15.5 Å². The number of carbonyl (C=O) groups is 2. The molecule has 0 fully saturated rings. The maximum Gasteiger partial charge on any atom is 0.356 e. The van der Waals surface area contributed by atoms with Crippen LogP contribution >= 0.6 is 0 Å². The van der Waals surface area contributed by atoms with E-state index in [0.717, 1.165) is 6.26 Å². The Hall–Kier alpha value is -1.96. The fraction of sp³-hybridized carbons (Fsp3) is 0.300. The maximum atomic E-state index is 11.6. The first kappa shape index (κ1) is 14.1. The molecule has 0 aliphatic rings. The first-order valence-corrected chi connectivity index (χ1v) is 6.87. The molecule has 0 spiro atoms. The second kappa shape index (κ2) is 5.13. The van der Waals surface area contributed by atoms with Crippen LogP contribution in [0, 0.1) is 0 Å². The number of carboxylic acid groups (broad SMARTS) is 1. The van der Waals surface area contributed by atoms with Gasteiger partial charge in [-0.2, -0.15) is 0 Å². The molecule has 0 saturated carbocycles. The number of carbonyl (C=O) groups excluding carboxylic acids is 1. The van der Waals surface area contributed by atoms with Crippen molar-refractivity contribution in [1.29, 1.82) is 0 Å². The summed E-state index contributed by atoms with van der Waals surface area (Å²) < 4.78 is 22.4. The van der Waals surface area contributed by atoms with Gasteiger partial charge in [0, 0.05) is 12.5 Å². The van der Waals surface area contributed by atoms with Gasteiger partial charge >= 0.3 is 5.97 Å². The first-order chi connectivity index (χ1) is 8.23. The number of hydrogen-bond acceptors (Lipinski definition) is 5. The smallest absolute Gasteiger partial charge is 0.356 e. The minimum Gasteiger partial charge on any atom is -0.476 e. The predicted molar refractivity (Wildman–Crippen MR) is 64.1 cm³/mol. The van der Waals surface area contributed by atoms with Gasteiger partial charge < -0.3 is 10.4 Å². The zero-order chi connectivity index (χ0) is 13.9. The molecule has 0 aliphatic carbocycles. The molecule has 1 atom stereocenters. The van der Waals surface area contributed by atoms with Gasteiger partial charge in [-0.25, -0.2) is 18.2 Å². The minimum atomic E-state index is -3.54. The number of sulfone groups is 1. The number of amides is 1. The van der Waals surface area contributed by atoms with E-state index in [2.05, 4.69) is 10.3 Å². The zero-order valence-corrected chi connectivity index (χ0v) is 10.6. The molecule has 0 bridgehead atoms. The summed E-state index contributed by atoms with van der Waals surface area (Å²) in [5.41, 5.74) is -0.378. The summed E-state index contributed by atoms with van der Waals surface area (Å²) >= 11 is 0. The van der Waals surface area contributed by atoms with Crippen molar-refractivity contribution in [1.82, 2.24) is 4.98 Å². The van der Waals surface area contributed by atoms with E-state index in [0.29, 0.717) is 0 Å². The Morgan fingerprint density at radius 1 is 1.44 bits per heavy atom. The van der Waals surface area contributed by atoms with Crippen molar-refractivity contribution in [2.75, 3.05) is 11.6 Å². The van der Waals surface area contributed by atoms with Crippen LogP contribution < -0.4 is 5.32 Å². The van der Waals surface area contributed by atoms with Gasteiger partial charge in [0.1, 0.15) is 5.25 Å². The number of anilines is 1. The zero-order valence-electron chi connectivity index (χ0n) is 9.75. The van der Waals surface area contributed by atoms with Crippen LogP contribution in [0.3, 0.4) is 0 Å². The van der Waals surface area contributed by atoms with Crippen LogP contribution in [0.2, 0.25) is 0 Å². The van der Waals surface area contributed by atoms with E-state index in [-0.39, 0.29) is 11.4 Å². The van der Waals surface area contributed by atoms with Crippen LogP contribution in [0.25, 0.3) is 0 Å². The van der Waals surface area contributed by atoms with Gasteiger partial charge in [-0.15, -0.1) is 0 Å². The molecular formula is C10H12N2O5S. The number of carboxylic acids is 1. The van der Waals surface area contributed by atoms with Crippen LogP contribution in [-0.4, -0.2) is 41.9 Å². The average Bonchev–Trinajstić information content (AvgIpc) is 2.27. The van der Waals surface area contributed by atoms with Gasteiger partial charge in [0.2, 0.25) is 5.91 Å². The van der Waals surface area contributed by atoms with E-state index < -0.39 is 27.0 Å². The van der Waals surface area contributed by atoms with Gasteiger partial charge in [-0.3, -0.25) is 4.79 Å². The molecule has 1 heterocycles. The lowest BCUT2D eigenvalue weighted by atomic mass is 10.3. The van der Waals surface area contributed by atoms with E-state index in [1.165, 1.54) is 25.3 Å². The Balaban J connectivity index is 2.99. The molecule has 0 aliphatic heterocycles. The van der Waals surface area contributed by atoms with Crippen LogP contribution in [0.1, 0.15) is 17.4 Å². The number of pyridine rings is 1. The third-order valence-electron chi connectivity index (χ3n) is 2.28. The van der Waals surface area contributed by atoms with Crippen molar-refractivity contribution in [3.8, 4) is 0 Å². The number of nitrogens with zero attached hydrogens (tertiary/aromatic N) is 1. The third kappa shape index (κ3) is 3.27. The Kier molecular flexibility index (Phi) is 4.02. The number of rotatable bonds is 4. The Morgan fingerprint density at radius 3 is 2.56 bits per heavy atom. The SMILES string of the molecule is CC(C(=O)Nc1cccnc1C(=O)O)S(C)(=O)=O. The molecule has 7 nitrogen and oxygen atoms in total. The fourth-order valence-corrected chi connectivity index (χ4v) is 1.55. The van der Waals surface area contributed by atoms with Gasteiger partial charge in [-0.05, 0) is 19.1 Å². The monoisotopic (exact) mass is 272 g/mol. The van der Waals surface area contributed by atoms with E-state index >= 15 is 0 Å². The summed E-state index contributed by atoms with van der Waals surface area (Å²) in [6, 6.07) is 2.77. The molecule has 1 unspecified atom stereocenters. The van der Waals surface area contributed by atoms with Crippen LogP contribution in [0.4, 0.5) is 5.69 Å². The molecule has 1 amide bonds. The number of nitrogens with one attached hydrogen (secondary N) is 1. The van der Waals surface area contributed by atoms with Crippen LogP contribution in [0.15, 0.2) is 18.3 Å². The molecule has 18 heavy (non-hydrogen) atoms. The topological polar surface area (TPSA) is 113 Å². The Bertz CT molecular complexity index is 582. The summed E-state index contributed by atoms with van der Waals surface area (Å²) in [5, 5.41) is 9.82. The van der Waals surface area contributed by atoms with Crippen LogP contribution in [-0.2, 0) is 14.6 Å². The summed E-state index contributed by atoms with van der Waals surface area (Å²) in [7, 11) is -3.54. The highest BCUT2D eigenvalue weighted by Gasteiger charge is 2.25. The standard InChI is InChI=1S/C10H12N2O5S/c1-6(18(2,16)17)9(13)12-7-4-3-5-11-8(7)10(14)15/h3-6H,1-2H3,(H,12,13)(H,14,15). The molecule has 0 saturated heterocycles. The highest BCUT2D eigenvalue weighted by atomic mass is 32.2. The van der Waals surface area contributed by atoms with Crippen molar-refractivity contribution < 1.29 is 23.1 Å². The van der Waals surface area contributed by atoms with E-state index in [1.807, 2.05) is 0 Å². The number of aromatic nitrogens is 1. The highest BCUT2D eigenvalue weighted by molar-refractivity contribution is 7.92. The predicted octanol–water partition coefficient (Wildman–Crippen LogP) is 0.151. The van der Waals surface area contributed by atoms with E-state index in [9.17, 15) is 18.0 Å². The summed E-state index contributed by atoms with van der Waals surface area (Å²) in [6.45, 7) is 1.22. The Morgan fingerprint density at radius 2 is 2.06 bits per heavy atom. The Labute approximate surface area is 104 Å². The van der Waals surface area contributed by atoms with E-state index in [4.69, 9.17) is 5.11 Å². The highest BCUT2D eigenvalue weighted by Crippen LogP contribution is 2.13. The molecular weight excluding hydrogens is 260 g/mol. The van der Waals surface area contributed by atoms with Crippen molar-refractivity contribution >= 4 is 27.4 Å². The maximum absolute atomic E-state index is 11.6. The lowest BCUT2D eigenvalue weighted by molar-refractivity contribution is -0.115. The molecule has 8 heteroatoms. The van der Waals surface area contributed by atoms with Crippen LogP contribution in [0.5, 0.6) is 0 Å². The van der Waals surface area contributed by atoms with Crippen molar-refractivity contribution in [2.24, 2.45) is 0 Å². The molecule has 0 aromatic carbocycles. The van der Waals surface area contributed by atoms with Crippen molar-refractivity contribution in [2.45, 2.75) is 12.2 Å². The lowest BCUT2D eigenvalue weighted by Crippen LogP contribution is -2.32. The molecule has 0 radical (unpaired) electrons. The molecule has 1 rings (SSSR count). The lowest BCUT2D eigenvalue weighted by Gasteiger charge is -2.11. The minimum absolute atomic E-state index is 0.0366. The number of aromatic carboxylic acids is 1. The average molecular weight is 272 g/mol.